The summed E-state index contributed by atoms with van der Waals surface area (Å²) in [5, 5.41) is 6.75. The minimum absolute atomic E-state index is 0. The van der Waals surface area contributed by atoms with Crippen LogP contribution in [0.1, 0.15) is 31.7 Å². The maximum Gasteiger partial charge on any atom is 0.243 e. The number of halogens is 2. The highest BCUT2D eigenvalue weighted by atomic mass is 127. The molecule has 0 spiro atoms. The van der Waals surface area contributed by atoms with Crippen LogP contribution in [0.4, 0.5) is 0 Å². The van der Waals surface area contributed by atoms with Crippen LogP contribution >= 0.6 is 39.9 Å². The van der Waals surface area contributed by atoms with Crippen molar-refractivity contribution in [3.8, 4) is 0 Å². The maximum atomic E-state index is 11.9. The van der Waals surface area contributed by atoms with E-state index in [4.69, 9.17) is 4.74 Å². The van der Waals surface area contributed by atoms with E-state index in [9.17, 15) is 4.79 Å². The van der Waals surface area contributed by atoms with Gasteiger partial charge in [0.2, 0.25) is 5.91 Å². The molecule has 2 rings (SSSR count). The minimum atomic E-state index is -0.0152. The van der Waals surface area contributed by atoms with E-state index in [0.717, 1.165) is 50.0 Å². The van der Waals surface area contributed by atoms with Gasteiger partial charge in [0.1, 0.15) is 6.54 Å². The molecular formula is C20H32BrIN4O2. The number of benzene rings is 1. The number of rotatable bonds is 10. The highest BCUT2D eigenvalue weighted by molar-refractivity contribution is 14.0. The topological polar surface area (TPSA) is 66.0 Å². The second kappa shape index (κ2) is 12.6. The molecule has 1 fully saturated rings. The van der Waals surface area contributed by atoms with Crippen LogP contribution in [0, 0.1) is 0 Å². The molecule has 0 bridgehead atoms. The van der Waals surface area contributed by atoms with Crippen LogP contribution in [0.15, 0.2) is 33.7 Å². The average molecular weight is 567 g/mol. The zero-order valence-electron chi connectivity index (χ0n) is 17.0. The third-order valence-electron chi connectivity index (χ3n) is 4.72. The van der Waals surface area contributed by atoms with Crippen molar-refractivity contribution in [2.45, 2.75) is 31.6 Å². The van der Waals surface area contributed by atoms with Crippen LogP contribution in [-0.4, -0.2) is 63.7 Å². The summed E-state index contributed by atoms with van der Waals surface area (Å²) >= 11 is 3.56. The van der Waals surface area contributed by atoms with Gasteiger partial charge >= 0.3 is 0 Å². The average Bonchev–Trinajstić information content (AvgIpc) is 3.44. The summed E-state index contributed by atoms with van der Waals surface area (Å²) < 4.78 is 6.48. The second-order valence-corrected chi connectivity index (χ2v) is 7.99. The van der Waals surface area contributed by atoms with Gasteiger partial charge in [-0.1, -0.05) is 28.1 Å². The summed E-state index contributed by atoms with van der Waals surface area (Å²) in [6, 6.07) is 8.50. The van der Waals surface area contributed by atoms with Gasteiger partial charge in [-0.25, -0.2) is 4.99 Å². The van der Waals surface area contributed by atoms with Crippen molar-refractivity contribution in [3.63, 3.8) is 0 Å². The molecule has 28 heavy (non-hydrogen) atoms. The van der Waals surface area contributed by atoms with Gasteiger partial charge in [0.25, 0.3) is 0 Å². The molecule has 1 aliphatic carbocycles. The summed E-state index contributed by atoms with van der Waals surface area (Å²) in [7, 11) is 3.49. The Morgan fingerprint density at radius 1 is 1.32 bits per heavy atom. The van der Waals surface area contributed by atoms with Crippen molar-refractivity contribution in [3.05, 3.63) is 34.3 Å². The Morgan fingerprint density at radius 2 is 2.07 bits per heavy atom. The number of guanidine groups is 1. The van der Waals surface area contributed by atoms with Gasteiger partial charge in [0, 0.05) is 50.3 Å². The normalized spacial score (nSPS) is 14.8. The van der Waals surface area contributed by atoms with Crippen LogP contribution in [-0.2, 0) is 14.9 Å². The molecule has 6 nitrogen and oxygen atoms in total. The standard InChI is InChI=1S/C20H31BrN4O2.HI/c1-4-27-12-6-11-22-19(23-14-18(26)25(2)3)24-15-20(9-10-20)16-7-5-8-17(21)13-16;/h5,7-8,13H,4,6,9-12,14-15H2,1-3H3,(H2,22,23,24);1H. The monoisotopic (exact) mass is 566 g/mol. The maximum absolute atomic E-state index is 11.9. The molecule has 1 aliphatic rings. The first-order chi connectivity index (χ1) is 13.0. The van der Waals surface area contributed by atoms with E-state index < -0.39 is 0 Å². The van der Waals surface area contributed by atoms with Crippen molar-refractivity contribution in [1.29, 1.82) is 0 Å². The highest BCUT2D eigenvalue weighted by Gasteiger charge is 2.44. The lowest BCUT2D eigenvalue weighted by Crippen LogP contribution is -2.42. The van der Waals surface area contributed by atoms with Crippen LogP contribution in [0.2, 0.25) is 0 Å². The Labute approximate surface area is 194 Å². The van der Waals surface area contributed by atoms with Gasteiger partial charge < -0.3 is 20.3 Å². The summed E-state index contributed by atoms with van der Waals surface area (Å²) in [6.45, 7) is 5.13. The number of ether oxygens (including phenoxy) is 1. The van der Waals surface area contributed by atoms with Crippen LogP contribution in [0.3, 0.4) is 0 Å². The number of hydrogen-bond acceptors (Lipinski definition) is 3. The number of nitrogens with zero attached hydrogens (tertiary/aromatic N) is 2. The SMILES string of the molecule is CCOCCCNC(=NCC(=O)N(C)C)NCC1(c2cccc(Br)c2)CC1.I. The smallest absolute Gasteiger partial charge is 0.243 e. The minimum Gasteiger partial charge on any atom is -0.382 e. The fraction of sp³-hybridized carbons (Fsp3) is 0.600. The Kier molecular flexibility index (Phi) is 11.4. The Hall–Kier alpha value is -0.870. The number of hydrogen-bond donors (Lipinski definition) is 2. The third kappa shape index (κ3) is 8.24. The van der Waals surface area contributed by atoms with Crippen molar-refractivity contribution in [2.75, 3.05) is 46.9 Å². The molecule has 0 unspecified atom stereocenters. The fourth-order valence-corrected chi connectivity index (χ4v) is 3.18. The van der Waals surface area contributed by atoms with Crippen LogP contribution < -0.4 is 10.6 Å². The molecule has 1 aromatic carbocycles. The number of likely N-dealkylation sites (N-methyl/N-ethyl adjacent to an activating group) is 1. The van der Waals surface area contributed by atoms with Crippen LogP contribution in [0.25, 0.3) is 0 Å². The lowest BCUT2D eigenvalue weighted by atomic mass is 9.96. The molecule has 0 radical (unpaired) electrons. The molecule has 0 saturated heterocycles. The summed E-state index contributed by atoms with van der Waals surface area (Å²) in [5.41, 5.74) is 1.49. The number of carbonyl (C=O) groups excluding carboxylic acids is 1. The predicted octanol–water partition coefficient (Wildman–Crippen LogP) is 3.15. The zero-order valence-corrected chi connectivity index (χ0v) is 20.9. The molecule has 8 heteroatoms. The molecular weight excluding hydrogens is 535 g/mol. The first-order valence-corrected chi connectivity index (χ1v) is 10.3. The first kappa shape index (κ1) is 25.2. The lowest BCUT2D eigenvalue weighted by Gasteiger charge is -2.20. The number of amides is 1. The van der Waals surface area contributed by atoms with E-state index >= 15 is 0 Å². The van der Waals surface area contributed by atoms with Gasteiger partial charge in [0.05, 0.1) is 0 Å². The van der Waals surface area contributed by atoms with Gasteiger partial charge in [-0.15, -0.1) is 24.0 Å². The van der Waals surface area contributed by atoms with Crippen molar-refractivity contribution in [1.82, 2.24) is 15.5 Å². The van der Waals surface area contributed by atoms with E-state index in [1.54, 1.807) is 19.0 Å². The number of aliphatic imine (C=N–C) groups is 1. The van der Waals surface area contributed by atoms with Gasteiger partial charge in [-0.05, 0) is 43.9 Å². The molecule has 0 aromatic heterocycles. The molecule has 158 valence electrons. The van der Waals surface area contributed by atoms with Crippen molar-refractivity contribution >= 4 is 51.8 Å². The molecule has 1 saturated carbocycles. The zero-order chi connectivity index (χ0) is 19.7. The predicted molar refractivity (Wildman–Crippen MR) is 129 cm³/mol. The number of carbonyl (C=O) groups is 1. The molecule has 1 amide bonds. The van der Waals surface area contributed by atoms with Gasteiger partial charge in [-0.2, -0.15) is 0 Å². The first-order valence-electron chi connectivity index (χ1n) is 9.53. The summed E-state index contributed by atoms with van der Waals surface area (Å²) in [4.78, 5) is 17.9. The third-order valence-corrected chi connectivity index (χ3v) is 5.21. The van der Waals surface area contributed by atoms with Gasteiger partial charge in [-0.3, -0.25) is 4.79 Å². The lowest BCUT2D eigenvalue weighted by molar-refractivity contribution is -0.127. The largest absolute Gasteiger partial charge is 0.382 e. The van der Waals surface area contributed by atoms with Crippen LogP contribution in [0.5, 0.6) is 0 Å². The van der Waals surface area contributed by atoms with Crippen molar-refractivity contribution < 1.29 is 9.53 Å². The molecule has 0 aliphatic heterocycles. The molecule has 1 aromatic rings. The highest BCUT2D eigenvalue weighted by Crippen LogP contribution is 2.48. The van der Waals surface area contributed by atoms with E-state index in [0.29, 0.717) is 5.96 Å². The van der Waals surface area contributed by atoms with E-state index in [2.05, 4.69) is 49.8 Å². The molecule has 0 heterocycles. The van der Waals surface area contributed by atoms with Gasteiger partial charge in [0.15, 0.2) is 5.96 Å². The summed E-state index contributed by atoms with van der Waals surface area (Å²) in [5.74, 6) is 0.668. The quantitative estimate of drug-likeness (QED) is 0.198. The van der Waals surface area contributed by atoms with E-state index in [-0.39, 0.29) is 41.8 Å². The Morgan fingerprint density at radius 3 is 2.68 bits per heavy atom. The van der Waals surface area contributed by atoms with E-state index in [1.165, 1.54) is 5.56 Å². The molecule has 2 N–H and O–H groups in total. The van der Waals surface area contributed by atoms with Crippen molar-refractivity contribution in [2.24, 2.45) is 4.99 Å². The summed E-state index contributed by atoms with van der Waals surface area (Å²) in [6.07, 6.45) is 3.21. The number of nitrogens with one attached hydrogen (secondary N) is 2. The fourth-order valence-electron chi connectivity index (χ4n) is 2.78. The Balaban J connectivity index is 0.00000392. The molecule has 0 atom stereocenters. The second-order valence-electron chi connectivity index (χ2n) is 7.07. The van der Waals surface area contributed by atoms with E-state index in [1.807, 2.05) is 13.0 Å². The Bertz CT molecular complexity index is 651.